The smallest absolute Gasteiger partial charge is 0.0561 e. The van der Waals surface area contributed by atoms with E-state index in [-0.39, 0.29) is 0 Å². The number of unbranched alkanes of at least 4 members (excludes halogenated alkanes) is 3. The van der Waals surface area contributed by atoms with Crippen LogP contribution in [0.4, 0.5) is 5.69 Å². The number of anilines is 1. The molecule has 1 N–H and O–H groups in total. The van der Waals surface area contributed by atoms with Crippen LogP contribution in [0.3, 0.4) is 0 Å². The summed E-state index contributed by atoms with van der Waals surface area (Å²) in [6.07, 6.45) is 6.49. The highest BCUT2D eigenvalue weighted by molar-refractivity contribution is 5.79. The van der Waals surface area contributed by atoms with E-state index >= 15 is 0 Å². The maximum Gasteiger partial charge on any atom is 0.0561 e. The number of aryl methyl sites for hydroxylation is 1. The molecule has 0 aliphatic rings. The molecule has 0 heterocycles. The van der Waals surface area contributed by atoms with E-state index in [0.717, 1.165) is 11.4 Å². The van der Waals surface area contributed by atoms with Crippen molar-refractivity contribution in [2.24, 2.45) is 5.10 Å². The molecule has 0 fully saturated rings. The molecule has 0 saturated heterocycles. The molecule has 1 aromatic rings. The summed E-state index contributed by atoms with van der Waals surface area (Å²) in [4.78, 5) is 0. The fraction of sp³-hybridized carbons (Fsp3) is 0.533. The van der Waals surface area contributed by atoms with Crippen LogP contribution >= 0.6 is 0 Å². The summed E-state index contributed by atoms with van der Waals surface area (Å²) in [5, 5.41) is 4.18. The summed E-state index contributed by atoms with van der Waals surface area (Å²) >= 11 is 0. The highest BCUT2D eigenvalue weighted by Crippen LogP contribution is 2.12. The highest BCUT2D eigenvalue weighted by atomic mass is 15.3. The average molecular weight is 232 g/mol. The number of rotatable bonds is 7. The molecule has 0 aliphatic carbocycles. The lowest BCUT2D eigenvalue weighted by Gasteiger charge is -2.04. The number of benzene rings is 1. The molecule has 17 heavy (non-hydrogen) atoms. The van der Waals surface area contributed by atoms with Crippen molar-refractivity contribution in [3.8, 4) is 0 Å². The van der Waals surface area contributed by atoms with Crippen LogP contribution in [0, 0.1) is 0 Å². The summed E-state index contributed by atoms with van der Waals surface area (Å²) in [5.41, 5.74) is 6.55. The first-order valence-electron chi connectivity index (χ1n) is 6.58. The van der Waals surface area contributed by atoms with Crippen LogP contribution in [0.5, 0.6) is 0 Å². The molecule has 0 unspecified atom stereocenters. The van der Waals surface area contributed by atoms with Crippen LogP contribution in [0.1, 0.15) is 52.0 Å². The first-order valence-corrected chi connectivity index (χ1v) is 6.58. The normalized spacial score (nSPS) is 10.1. The topological polar surface area (TPSA) is 24.4 Å². The molecular weight excluding hydrogens is 208 g/mol. The van der Waals surface area contributed by atoms with Gasteiger partial charge in [-0.05, 0) is 44.4 Å². The van der Waals surface area contributed by atoms with Crippen molar-refractivity contribution in [3.63, 3.8) is 0 Å². The van der Waals surface area contributed by atoms with E-state index in [1.807, 2.05) is 13.8 Å². The Labute approximate surface area is 105 Å². The van der Waals surface area contributed by atoms with Crippen molar-refractivity contribution in [3.05, 3.63) is 29.8 Å². The third-order valence-corrected chi connectivity index (χ3v) is 2.68. The minimum Gasteiger partial charge on any atom is -0.279 e. The Hall–Kier alpha value is -1.31. The van der Waals surface area contributed by atoms with Crippen molar-refractivity contribution in [1.82, 2.24) is 0 Å². The van der Waals surface area contributed by atoms with Crippen LogP contribution in [0.2, 0.25) is 0 Å². The van der Waals surface area contributed by atoms with Gasteiger partial charge in [-0.3, -0.25) is 5.43 Å². The Kier molecular flexibility index (Phi) is 6.38. The van der Waals surface area contributed by atoms with Crippen molar-refractivity contribution in [2.45, 2.75) is 52.9 Å². The van der Waals surface area contributed by atoms with Crippen LogP contribution < -0.4 is 5.43 Å². The SMILES string of the molecule is CCCCCCc1ccc(NN=C(C)C)cc1. The number of hydrogen-bond donors (Lipinski definition) is 1. The molecule has 0 atom stereocenters. The maximum absolute atomic E-state index is 4.18. The van der Waals surface area contributed by atoms with E-state index in [0.29, 0.717) is 0 Å². The van der Waals surface area contributed by atoms with Crippen LogP contribution in [-0.2, 0) is 6.42 Å². The van der Waals surface area contributed by atoms with E-state index in [4.69, 9.17) is 0 Å². The Bertz CT molecular complexity index is 334. The summed E-state index contributed by atoms with van der Waals surface area (Å²) in [7, 11) is 0. The van der Waals surface area contributed by atoms with E-state index in [1.54, 1.807) is 0 Å². The quantitative estimate of drug-likeness (QED) is 0.414. The van der Waals surface area contributed by atoms with E-state index < -0.39 is 0 Å². The molecule has 2 heteroatoms. The maximum atomic E-state index is 4.18. The third-order valence-electron chi connectivity index (χ3n) is 2.68. The third kappa shape index (κ3) is 6.10. The van der Waals surface area contributed by atoms with Gasteiger partial charge in [0.05, 0.1) is 5.69 Å². The number of hydrogen-bond acceptors (Lipinski definition) is 2. The zero-order chi connectivity index (χ0) is 12.5. The number of nitrogens with one attached hydrogen (secondary N) is 1. The summed E-state index contributed by atoms with van der Waals surface area (Å²) in [5.74, 6) is 0. The van der Waals surface area contributed by atoms with E-state index in [2.05, 4.69) is 41.7 Å². The van der Waals surface area contributed by atoms with Gasteiger partial charge < -0.3 is 0 Å². The molecule has 0 radical (unpaired) electrons. The molecule has 0 bridgehead atoms. The van der Waals surface area contributed by atoms with Crippen molar-refractivity contribution < 1.29 is 0 Å². The molecule has 0 amide bonds. The number of hydrazone groups is 1. The Morgan fingerprint density at radius 1 is 1.06 bits per heavy atom. The second-order valence-corrected chi connectivity index (χ2v) is 4.68. The van der Waals surface area contributed by atoms with E-state index in [1.165, 1.54) is 37.7 Å². The van der Waals surface area contributed by atoms with Crippen molar-refractivity contribution in [2.75, 3.05) is 5.43 Å². The van der Waals surface area contributed by atoms with Gasteiger partial charge in [-0.1, -0.05) is 38.3 Å². The highest BCUT2D eigenvalue weighted by Gasteiger charge is 1.94. The Balaban J connectivity index is 2.37. The molecule has 0 aliphatic heterocycles. The lowest BCUT2D eigenvalue weighted by molar-refractivity contribution is 0.667. The molecule has 1 rings (SSSR count). The molecule has 2 nitrogen and oxygen atoms in total. The summed E-state index contributed by atoms with van der Waals surface area (Å²) in [6.45, 7) is 6.21. The minimum atomic E-state index is 1.04. The van der Waals surface area contributed by atoms with Gasteiger partial charge in [-0.2, -0.15) is 5.10 Å². The van der Waals surface area contributed by atoms with E-state index in [9.17, 15) is 0 Å². The molecular formula is C15H24N2. The van der Waals surface area contributed by atoms with Gasteiger partial charge in [0.1, 0.15) is 0 Å². The van der Waals surface area contributed by atoms with Gasteiger partial charge in [0.25, 0.3) is 0 Å². The van der Waals surface area contributed by atoms with Crippen LogP contribution in [0.25, 0.3) is 0 Å². The molecule has 0 saturated carbocycles. The van der Waals surface area contributed by atoms with Gasteiger partial charge in [0, 0.05) is 5.71 Å². The van der Waals surface area contributed by atoms with Gasteiger partial charge >= 0.3 is 0 Å². The lowest BCUT2D eigenvalue weighted by atomic mass is 10.1. The zero-order valence-corrected chi connectivity index (χ0v) is 11.3. The Morgan fingerprint density at radius 3 is 2.35 bits per heavy atom. The van der Waals surface area contributed by atoms with Crippen LogP contribution in [-0.4, -0.2) is 5.71 Å². The summed E-state index contributed by atoms with van der Waals surface area (Å²) < 4.78 is 0. The predicted octanol–water partition coefficient (Wildman–Crippen LogP) is 4.62. The minimum absolute atomic E-state index is 1.04. The van der Waals surface area contributed by atoms with Gasteiger partial charge in [0.15, 0.2) is 0 Å². The van der Waals surface area contributed by atoms with Crippen molar-refractivity contribution >= 4 is 11.4 Å². The number of nitrogens with zero attached hydrogens (tertiary/aromatic N) is 1. The van der Waals surface area contributed by atoms with Gasteiger partial charge in [-0.25, -0.2) is 0 Å². The molecule has 0 spiro atoms. The lowest BCUT2D eigenvalue weighted by Crippen LogP contribution is -1.93. The fourth-order valence-corrected chi connectivity index (χ4v) is 1.68. The monoisotopic (exact) mass is 232 g/mol. The van der Waals surface area contributed by atoms with Crippen molar-refractivity contribution in [1.29, 1.82) is 0 Å². The second kappa shape index (κ2) is 7.88. The standard InChI is InChI=1S/C15H24N2/c1-4-5-6-7-8-14-9-11-15(12-10-14)17-16-13(2)3/h9-12,17H,4-8H2,1-3H3. The van der Waals surface area contributed by atoms with Gasteiger partial charge in [0.2, 0.25) is 0 Å². The predicted molar refractivity (Wildman–Crippen MR) is 76.7 cm³/mol. The largest absolute Gasteiger partial charge is 0.279 e. The average Bonchev–Trinajstić information content (AvgIpc) is 2.33. The van der Waals surface area contributed by atoms with Crippen LogP contribution in [0.15, 0.2) is 29.4 Å². The molecule has 0 aromatic heterocycles. The second-order valence-electron chi connectivity index (χ2n) is 4.68. The Morgan fingerprint density at radius 2 is 1.76 bits per heavy atom. The van der Waals surface area contributed by atoms with Gasteiger partial charge in [-0.15, -0.1) is 0 Å². The summed E-state index contributed by atoms with van der Waals surface area (Å²) in [6, 6.07) is 8.58. The zero-order valence-electron chi connectivity index (χ0n) is 11.3. The first kappa shape index (κ1) is 13.8. The molecule has 94 valence electrons. The first-order chi connectivity index (χ1) is 8.22. The molecule has 1 aromatic carbocycles. The fourth-order valence-electron chi connectivity index (χ4n) is 1.68.